The molecule has 0 bridgehead atoms. The summed E-state index contributed by atoms with van der Waals surface area (Å²) in [6.45, 7) is 0.278. The predicted molar refractivity (Wildman–Crippen MR) is 110 cm³/mol. The summed E-state index contributed by atoms with van der Waals surface area (Å²) >= 11 is 0. The van der Waals surface area contributed by atoms with Crippen LogP contribution in [0.15, 0.2) is 73.2 Å². The topological polar surface area (TPSA) is 93.1 Å². The quantitative estimate of drug-likeness (QED) is 0.690. The fourth-order valence-corrected chi connectivity index (χ4v) is 3.82. The van der Waals surface area contributed by atoms with Crippen molar-refractivity contribution in [2.75, 3.05) is 13.1 Å². The number of nitrogens with zero attached hydrogens (tertiary/aromatic N) is 4. The van der Waals surface area contributed by atoms with Crippen LogP contribution in [0.3, 0.4) is 0 Å². The number of carbonyl (C=O) groups excluding carboxylic acids is 2. The van der Waals surface area contributed by atoms with E-state index in [1.165, 1.54) is 11.2 Å². The first kappa shape index (κ1) is 19.4. The van der Waals surface area contributed by atoms with Crippen LogP contribution in [0.25, 0.3) is 0 Å². The van der Waals surface area contributed by atoms with Crippen molar-refractivity contribution in [1.82, 2.24) is 19.8 Å². The van der Waals surface area contributed by atoms with E-state index in [0.29, 0.717) is 12.2 Å². The fraction of sp³-hybridized carbons (Fsp3) is 0.217. The van der Waals surface area contributed by atoms with Crippen molar-refractivity contribution >= 4 is 11.8 Å². The molecule has 3 aromatic rings. The number of aromatic amines is 1. The standard InChI is InChI=1S/C23H21N5O2/c24-11-19(18-9-5-2-6-10-18)23(20-12-25-16-26-20)28-15-21(29)27(14-22(28)30)13-17-7-3-1-4-8-17/h1-10,12,16,19,23H,13-15H2,(H,25,26). The van der Waals surface area contributed by atoms with Crippen LogP contribution in [0.2, 0.25) is 0 Å². The monoisotopic (exact) mass is 399 g/mol. The number of amides is 2. The van der Waals surface area contributed by atoms with Crippen molar-refractivity contribution in [2.24, 2.45) is 0 Å². The van der Waals surface area contributed by atoms with Crippen molar-refractivity contribution < 1.29 is 9.59 Å². The molecule has 2 unspecified atom stereocenters. The first-order valence-electron chi connectivity index (χ1n) is 9.71. The van der Waals surface area contributed by atoms with Gasteiger partial charge < -0.3 is 14.8 Å². The normalized spacial score (nSPS) is 16.2. The van der Waals surface area contributed by atoms with Crippen molar-refractivity contribution in [3.05, 3.63) is 90.0 Å². The Morgan fingerprint density at radius 1 is 1.00 bits per heavy atom. The van der Waals surface area contributed by atoms with Gasteiger partial charge in [0.2, 0.25) is 11.8 Å². The van der Waals surface area contributed by atoms with Crippen LogP contribution < -0.4 is 0 Å². The van der Waals surface area contributed by atoms with Gasteiger partial charge in [0.1, 0.15) is 13.1 Å². The Hall–Kier alpha value is -3.92. The third kappa shape index (κ3) is 3.94. The average molecular weight is 399 g/mol. The second-order valence-corrected chi connectivity index (χ2v) is 7.23. The summed E-state index contributed by atoms with van der Waals surface area (Å²) in [5.74, 6) is -0.974. The minimum absolute atomic E-state index is 0.0225. The van der Waals surface area contributed by atoms with E-state index in [2.05, 4.69) is 16.0 Å². The minimum Gasteiger partial charge on any atom is -0.347 e. The van der Waals surface area contributed by atoms with Gasteiger partial charge in [-0.1, -0.05) is 60.7 Å². The third-order valence-electron chi connectivity index (χ3n) is 5.31. The van der Waals surface area contributed by atoms with Crippen molar-refractivity contribution in [3.8, 4) is 6.07 Å². The van der Waals surface area contributed by atoms with Crippen molar-refractivity contribution in [1.29, 1.82) is 5.26 Å². The molecule has 7 nitrogen and oxygen atoms in total. The molecular formula is C23H21N5O2. The summed E-state index contributed by atoms with van der Waals surface area (Å²) < 4.78 is 0. The summed E-state index contributed by atoms with van der Waals surface area (Å²) in [6.07, 6.45) is 3.12. The minimum atomic E-state index is -0.635. The lowest BCUT2D eigenvalue weighted by Gasteiger charge is -2.39. The predicted octanol–water partition coefficient (Wildman–Crippen LogP) is 2.63. The Kier molecular flexibility index (Phi) is 5.57. The smallest absolute Gasteiger partial charge is 0.243 e. The molecule has 7 heteroatoms. The average Bonchev–Trinajstić information content (AvgIpc) is 3.30. The molecule has 30 heavy (non-hydrogen) atoms. The number of piperazine rings is 1. The lowest BCUT2D eigenvalue weighted by atomic mass is 9.89. The van der Waals surface area contributed by atoms with Gasteiger partial charge in [-0.25, -0.2) is 4.98 Å². The van der Waals surface area contributed by atoms with Crippen LogP contribution >= 0.6 is 0 Å². The summed E-state index contributed by atoms with van der Waals surface area (Å²) in [6, 6.07) is 20.6. The van der Waals surface area contributed by atoms with E-state index in [1.807, 2.05) is 60.7 Å². The molecule has 150 valence electrons. The highest BCUT2D eigenvalue weighted by molar-refractivity contribution is 5.92. The maximum Gasteiger partial charge on any atom is 0.243 e. The van der Waals surface area contributed by atoms with Gasteiger partial charge in [-0.05, 0) is 11.1 Å². The zero-order valence-corrected chi connectivity index (χ0v) is 16.3. The number of aromatic nitrogens is 2. The molecule has 2 atom stereocenters. The first-order valence-corrected chi connectivity index (χ1v) is 9.71. The van der Waals surface area contributed by atoms with Gasteiger partial charge in [0.15, 0.2) is 0 Å². The molecule has 1 N–H and O–H groups in total. The number of nitriles is 1. The Balaban J connectivity index is 1.61. The van der Waals surface area contributed by atoms with Gasteiger partial charge in [0, 0.05) is 6.54 Å². The van der Waals surface area contributed by atoms with E-state index in [1.54, 1.807) is 11.1 Å². The molecule has 0 saturated carbocycles. The number of rotatable bonds is 6. The number of hydrogen-bond donors (Lipinski definition) is 1. The summed E-state index contributed by atoms with van der Waals surface area (Å²) in [5, 5.41) is 9.96. The molecule has 4 rings (SSSR count). The number of hydrogen-bond acceptors (Lipinski definition) is 4. The van der Waals surface area contributed by atoms with Gasteiger partial charge in [-0.3, -0.25) is 9.59 Å². The molecule has 1 aromatic heterocycles. The van der Waals surface area contributed by atoms with Gasteiger partial charge in [-0.2, -0.15) is 5.26 Å². The van der Waals surface area contributed by atoms with Crippen molar-refractivity contribution in [2.45, 2.75) is 18.5 Å². The summed E-state index contributed by atoms with van der Waals surface area (Å²) in [4.78, 5) is 36.2. The number of imidazole rings is 1. The molecule has 1 saturated heterocycles. The number of benzene rings is 2. The second kappa shape index (κ2) is 8.62. The molecule has 2 heterocycles. The van der Waals surface area contributed by atoms with Crippen LogP contribution in [-0.4, -0.2) is 44.7 Å². The van der Waals surface area contributed by atoms with Crippen LogP contribution in [0.5, 0.6) is 0 Å². The van der Waals surface area contributed by atoms with E-state index in [0.717, 1.165) is 11.1 Å². The Labute approximate surface area is 174 Å². The van der Waals surface area contributed by atoms with Crippen LogP contribution in [0.4, 0.5) is 0 Å². The second-order valence-electron chi connectivity index (χ2n) is 7.23. The van der Waals surface area contributed by atoms with Gasteiger partial charge >= 0.3 is 0 Å². The van der Waals surface area contributed by atoms with Crippen LogP contribution in [-0.2, 0) is 16.1 Å². The first-order chi connectivity index (χ1) is 14.7. The number of carbonyl (C=O) groups is 2. The van der Waals surface area contributed by atoms with Crippen LogP contribution in [0.1, 0.15) is 28.8 Å². The zero-order chi connectivity index (χ0) is 20.9. The highest BCUT2D eigenvalue weighted by atomic mass is 16.2. The Bertz CT molecular complexity index is 1040. The summed E-state index contributed by atoms with van der Waals surface area (Å²) in [7, 11) is 0. The van der Waals surface area contributed by atoms with E-state index in [9.17, 15) is 14.9 Å². The SMILES string of the molecule is N#CC(c1ccccc1)C(c1cnc[nH]1)N1CC(=O)N(Cc2ccccc2)CC1=O. The molecule has 1 aliphatic rings. The van der Waals surface area contributed by atoms with Crippen molar-refractivity contribution in [3.63, 3.8) is 0 Å². The zero-order valence-electron chi connectivity index (χ0n) is 16.3. The summed E-state index contributed by atoms with van der Waals surface area (Å²) in [5.41, 5.74) is 2.38. The maximum absolute atomic E-state index is 13.1. The lowest BCUT2D eigenvalue weighted by Crippen LogP contribution is -2.55. The molecule has 0 spiro atoms. The maximum atomic E-state index is 13.1. The number of nitrogens with one attached hydrogen (secondary N) is 1. The molecule has 2 aromatic carbocycles. The van der Waals surface area contributed by atoms with Gasteiger partial charge in [-0.15, -0.1) is 0 Å². The molecule has 1 aliphatic heterocycles. The Morgan fingerprint density at radius 2 is 1.70 bits per heavy atom. The van der Waals surface area contributed by atoms with E-state index in [4.69, 9.17) is 0 Å². The Morgan fingerprint density at radius 3 is 2.33 bits per heavy atom. The van der Waals surface area contributed by atoms with Gasteiger partial charge in [0.05, 0.1) is 36.2 Å². The molecular weight excluding hydrogens is 378 g/mol. The molecule has 0 aliphatic carbocycles. The largest absolute Gasteiger partial charge is 0.347 e. The number of H-pyrrole nitrogens is 1. The fourth-order valence-electron chi connectivity index (χ4n) is 3.82. The lowest BCUT2D eigenvalue weighted by molar-refractivity contribution is -0.153. The molecule has 0 radical (unpaired) electrons. The molecule has 1 fully saturated rings. The van der Waals surface area contributed by atoms with Crippen LogP contribution in [0, 0.1) is 11.3 Å². The third-order valence-corrected chi connectivity index (χ3v) is 5.31. The molecule has 2 amide bonds. The van der Waals surface area contributed by atoms with E-state index in [-0.39, 0.29) is 24.9 Å². The highest BCUT2D eigenvalue weighted by Gasteiger charge is 2.39. The highest BCUT2D eigenvalue weighted by Crippen LogP contribution is 2.35. The van der Waals surface area contributed by atoms with E-state index < -0.39 is 12.0 Å². The van der Waals surface area contributed by atoms with Gasteiger partial charge in [0.25, 0.3) is 0 Å². The van der Waals surface area contributed by atoms with E-state index >= 15 is 0 Å².